The monoisotopic (exact) mass is 252 g/mol. The van der Waals surface area contributed by atoms with Crippen LogP contribution in [0.15, 0.2) is 36.7 Å². The number of rotatable bonds is 3. The van der Waals surface area contributed by atoms with Gasteiger partial charge in [-0.25, -0.2) is 9.97 Å². The smallest absolute Gasteiger partial charge is 0.230 e. The first-order valence-corrected chi connectivity index (χ1v) is 6.67. The van der Waals surface area contributed by atoms with Gasteiger partial charge in [0.15, 0.2) is 0 Å². The van der Waals surface area contributed by atoms with Crippen LogP contribution in [0.2, 0.25) is 0 Å². The summed E-state index contributed by atoms with van der Waals surface area (Å²) in [5, 5.41) is 0. The van der Waals surface area contributed by atoms with Crippen LogP contribution >= 0.6 is 0 Å². The first kappa shape index (κ1) is 12.0. The third-order valence-corrected chi connectivity index (χ3v) is 3.71. The van der Waals surface area contributed by atoms with E-state index < -0.39 is 0 Å². The summed E-state index contributed by atoms with van der Waals surface area (Å²) in [6.07, 6.45) is 7.12. The largest absolute Gasteiger partial charge is 0.285 e. The highest BCUT2D eigenvalue weighted by molar-refractivity contribution is 6.06. The molecule has 1 aromatic carbocycles. The number of hydrogen-bond acceptors (Lipinski definition) is 3. The van der Waals surface area contributed by atoms with Crippen molar-refractivity contribution >= 4 is 5.78 Å². The summed E-state index contributed by atoms with van der Waals surface area (Å²) in [5.41, 5.74) is 2.91. The topological polar surface area (TPSA) is 42.9 Å². The maximum Gasteiger partial charge on any atom is 0.230 e. The summed E-state index contributed by atoms with van der Waals surface area (Å²) < 4.78 is 0. The normalized spacial score (nSPS) is 15.0. The minimum atomic E-state index is -0.0961. The Morgan fingerprint density at radius 1 is 1.21 bits per heavy atom. The quantitative estimate of drug-likeness (QED) is 0.787. The molecule has 1 aromatic heterocycles. The molecule has 3 heteroatoms. The minimum absolute atomic E-state index is 0.0961. The number of aromatic nitrogens is 2. The maximum absolute atomic E-state index is 12.3. The van der Waals surface area contributed by atoms with Crippen LogP contribution in [0.4, 0.5) is 0 Å². The highest BCUT2D eigenvalue weighted by atomic mass is 16.1. The lowest BCUT2D eigenvalue weighted by Crippen LogP contribution is -2.11. The van der Waals surface area contributed by atoms with E-state index in [0.717, 1.165) is 5.56 Å². The molecule has 1 heterocycles. The molecule has 3 rings (SSSR count). The molecule has 3 nitrogen and oxygen atoms in total. The molecule has 0 bridgehead atoms. The van der Waals surface area contributed by atoms with Crippen LogP contribution < -0.4 is 0 Å². The van der Waals surface area contributed by atoms with E-state index in [0.29, 0.717) is 11.5 Å². The molecule has 1 aliphatic rings. The Balaban J connectivity index is 1.88. The predicted molar refractivity (Wildman–Crippen MR) is 73.2 cm³/mol. The lowest BCUT2D eigenvalue weighted by molar-refractivity contribution is 0.102. The van der Waals surface area contributed by atoms with Gasteiger partial charge < -0.3 is 0 Å². The van der Waals surface area contributed by atoms with Crippen molar-refractivity contribution in [3.63, 3.8) is 0 Å². The third-order valence-electron chi connectivity index (χ3n) is 3.71. The SMILES string of the molecule is Cc1cnc(C(=O)c2cccc(C3CCC3)c2)nc1. The van der Waals surface area contributed by atoms with Crippen molar-refractivity contribution in [1.29, 1.82) is 0 Å². The van der Waals surface area contributed by atoms with Gasteiger partial charge in [0.1, 0.15) is 0 Å². The zero-order chi connectivity index (χ0) is 13.2. The van der Waals surface area contributed by atoms with Gasteiger partial charge in [0.05, 0.1) is 0 Å². The Bertz CT molecular complexity index is 600. The lowest BCUT2D eigenvalue weighted by Gasteiger charge is -2.25. The van der Waals surface area contributed by atoms with E-state index in [1.54, 1.807) is 12.4 Å². The van der Waals surface area contributed by atoms with Gasteiger partial charge in [-0.1, -0.05) is 24.6 Å². The molecule has 0 spiro atoms. The molecule has 0 saturated heterocycles. The second-order valence-corrected chi connectivity index (χ2v) is 5.17. The van der Waals surface area contributed by atoms with Crippen molar-refractivity contribution in [3.05, 3.63) is 59.2 Å². The van der Waals surface area contributed by atoms with Gasteiger partial charge in [-0.2, -0.15) is 0 Å². The molecular formula is C16H16N2O. The van der Waals surface area contributed by atoms with Gasteiger partial charge in [0.2, 0.25) is 11.6 Å². The number of carbonyl (C=O) groups is 1. The number of nitrogens with zero attached hydrogens (tertiary/aromatic N) is 2. The van der Waals surface area contributed by atoms with Crippen LogP contribution in [0, 0.1) is 6.92 Å². The van der Waals surface area contributed by atoms with E-state index in [4.69, 9.17) is 0 Å². The van der Waals surface area contributed by atoms with Crippen molar-refractivity contribution in [2.75, 3.05) is 0 Å². The molecule has 96 valence electrons. The van der Waals surface area contributed by atoms with Crippen LogP contribution in [0.3, 0.4) is 0 Å². The molecule has 0 aliphatic heterocycles. The number of carbonyl (C=O) groups excluding carboxylic acids is 1. The van der Waals surface area contributed by atoms with Crippen LogP contribution in [0.5, 0.6) is 0 Å². The Morgan fingerprint density at radius 3 is 2.58 bits per heavy atom. The fourth-order valence-electron chi connectivity index (χ4n) is 2.31. The molecule has 1 fully saturated rings. The zero-order valence-electron chi connectivity index (χ0n) is 11.0. The lowest BCUT2D eigenvalue weighted by atomic mass is 9.79. The van der Waals surface area contributed by atoms with Gasteiger partial charge in [0, 0.05) is 18.0 Å². The summed E-state index contributed by atoms with van der Waals surface area (Å²) in [6, 6.07) is 7.90. The zero-order valence-corrected chi connectivity index (χ0v) is 11.0. The summed E-state index contributed by atoms with van der Waals surface area (Å²) in [5.74, 6) is 0.809. The number of benzene rings is 1. The van der Waals surface area contributed by atoms with Gasteiger partial charge in [0.25, 0.3) is 0 Å². The minimum Gasteiger partial charge on any atom is -0.285 e. The summed E-state index contributed by atoms with van der Waals surface area (Å²) in [7, 11) is 0. The molecule has 1 saturated carbocycles. The summed E-state index contributed by atoms with van der Waals surface area (Å²) >= 11 is 0. The van der Waals surface area contributed by atoms with Crippen molar-refractivity contribution < 1.29 is 4.79 Å². The van der Waals surface area contributed by atoms with Crippen molar-refractivity contribution in [2.45, 2.75) is 32.1 Å². The highest BCUT2D eigenvalue weighted by Crippen LogP contribution is 2.36. The Hall–Kier alpha value is -2.03. The molecule has 0 atom stereocenters. The van der Waals surface area contributed by atoms with Crippen molar-refractivity contribution in [3.8, 4) is 0 Å². The van der Waals surface area contributed by atoms with Gasteiger partial charge in [-0.15, -0.1) is 0 Å². The van der Waals surface area contributed by atoms with Gasteiger partial charge in [-0.05, 0) is 42.9 Å². The number of ketones is 1. The Labute approximate surface area is 112 Å². The molecule has 1 aliphatic carbocycles. The molecule has 19 heavy (non-hydrogen) atoms. The molecule has 0 amide bonds. The second kappa shape index (κ2) is 4.92. The fourth-order valence-corrected chi connectivity index (χ4v) is 2.31. The average Bonchev–Trinajstić information content (AvgIpc) is 2.37. The molecule has 2 aromatic rings. The first-order chi connectivity index (χ1) is 9.24. The van der Waals surface area contributed by atoms with Crippen molar-refractivity contribution in [1.82, 2.24) is 9.97 Å². The van der Waals surface area contributed by atoms with Crippen LogP contribution in [-0.4, -0.2) is 15.8 Å². The average molecular weight is 252 g/mol. The van der Waals surface area contributed by atoms with Gasteiger partial charge >= 0.3 is 0 Å². The van der Waals surface area contributed by atoms with E-state index in [9.17, 15) is 4.79 Å². The summed E-state index contributed by atoms with van der Waals surface area (Å²) in [6.45, 7) is 1.91. The van der Waals surface area contributed by atoms with Crippen molar-refractivity contribution in [2.24, 2.45) is 0 Å². The molecule has 0 radical (unpaired) electrons. The third kappa shape index (κ3) is 2.41. The molecular weight excluding hydrogens is 236 g/mol. The first-order valence-electron chi connectivity index (χ1n) is 6.67. The van der Waals surface area contributed by atoms with E-state index in [-0.39, 0.29) is 11.6 Å². The Kier molecular flexibility index (Phi) is 3.11. The predicted octanol–water partition coefficient (Wildman–Crippen LogP) is 3.28. The van der Waals surface area contributed by atoms with E-state index >= 15 is 0 Å². The molecule has 0 unspecified atom stereocenters. The second-order valence-electron chi connectivity index (χ2n) is 5.17. The van der Waals surface area contributed by atoms with Crippen LogP contribution in [0.1, 0.15) is 52.5 Å². The standard InChI is InChI=1S/C16H16N2O/c1-11-9-17-16(18-10-11)15(19)14-7-3-6-13(8-14)12-4-2-5-12/h3,6-10,12H,2,4-5H2,1H3. The Morgan fingerprint density at radius 2 is 1.95 bits per heavy atom. The maximum atomic E-state index is 12.3. The van der Waals surface area contributed by atoms with E-state index in [1.807, 2.05) is 25.1 Å². The van der Waals surface area contributed by atoms with Crippen LogP contribution in [-0.2, 0) is 0 Å². The van der Waals surface area contributed by atoms with E-state index in [2.05, 4.69) is 16.0 Å². The number of aryl methyl sites for hydroxylation is 1. The van der Waals surface area contributed by atoms with Crippen LogP contribution in [0.25, 0.3) is 0 Å². The fraction of sp³-hybridized carbons (Fsp3) is 0.312. The number of hydrogen-bond donors (Lipinski definition) is 0. The molecule has 0 N–H and O–H groups in total. The van der Waals surface area contributed by atoms with E-state index in [1.165, 1.54) is 24.8 Å². The van der Waals surface area contributed by atoms with Gasteiger partial charge in [-0.3, -0.25) is 4.79 Å². The highest BCUT2D eigenvalue weighted by Gasteiger charge is 2.21. The summed E-state index contributed by atoms with van der Waals surface area (Å²) in [4.78, 5) is 20.5.